The number of aliphatic hydroxyl groups excluding tert-OH is 1. The zero-order valence-electron chi connectivity index (χ0n) is 12.0. The zero-order valence-corrected chi connectivity index (χ0v) is 12.0. The minimum absolute atomic E-state index is 0.221. The van der Waals surface area contributed by atoms with E-state index in [1.165, 1.54) is 0 Å². The first-order valence-electron chi connectivity index (χ1n) is 6.69. The first-order chi connectivity index (χ1) is 9.76. The fraction of sp³-hybridized carbons (Fsp3) is 0.600. The molecule has 0 spiro atoms. The van der Waals surface area contributed by atoms with E-state index in [4.69, 9.17) is 20.3 Å². The third-order valence-electron chi connectivity index (χ3n) is 2.75. The number of nitrogens with zero attached hydrogens (tertiary/aromatic N) is 1. The average Bonchev–Trinajstić information content (AvgIpc) is 2.92. The number of terminal acetylenes is 1. The van der Waals surface area contributed by atoms with Crippen LogP contribution in [0.15, 0.2) is 22.8 Å². The number of hydrogen-bond acceptors (Lipinski definition) is 5. The maximum absolute atomic E-state index is 9.93. The lowest BCUT2D eigenvalue weighted by atomic mass is 10.3. The van der Waals surface area contributed by atoms with Crippen molar-refractivity contribution in [1.29, 1.82) is 0 Å². The molecule has 0 saturated carbocycles. The standard InChI is InChI=1S/C15H23NO4/c1-3-8-19-13-14(17)11-16(7-5-9-18-2)12-15-6-4-10-20-15/h1,4,6,10,14,17H,5,7-9,11-13H2,2H3/t14-/m1/s1. The molecule has 0 unspecified atom stereocenters. The minimum Gasteiger partial charge on any atom is -0.468 e. The van der Waals surface area contributed by atoms with Crippen LogP contribution in [0.4, 0.5) is 0 Å². The van der Waals surface area contributed by atoms with Crippen LogP contribution in [0, 0.1) is 12.3 Å². The van der Waals surface area contributed by atoms with Crippen LogP contribution in [0.25, 0.3) is 0 Å². The molecule has 0 aromatic carbocycles. The molecular formula is C15H23NO4. The largest absolute Gasteiger partial charge is 0.468 e. The Kier molecular flexibility index (Phi) is 8.76. The molecule has 1 atom stereocenters. The van der Waals surface area contributed by atoms with Crippen LogP contribution in [0.2, 0.25) is 0 Å². The highest BCUT2D eigenvalue weighted by molar-refractivity contribution is 4.98. The van der Waals surface area contributed by atoms with Gasteiger partial charge in [0.1, 0.15) is 12.4 Å². The van der Waals surface area contributed by atoms with E-state index in [2.05, 4.69) is 10.8 Å². The molecule has 20 heavy (non-hydrogen) atoms. The molecule has 0 aliphatic heterocycles. The van der Waals surface area contributed by atoms with Crippen molar-refractivity contribution in [2.45, 2.75) is 19.1 Å². The van der Waals surface area contributed by atoms with Gasteiger partial charge in [-0.3, -0.25) is 4.90 Å². The zero-order chi connectivity index (χ0) is 14.6. The Morgan fingerprint density at radius 2 is 2.40 bits per heavy atom. The fourth-order valence-corrected chi connectivity index (χ4v) is 1.89. The van der Waals surface area contributed by atoms with Gasteiger partial charge in [-0.15, -0.1) is 6.42 Å². The van der Waals surface area contributed by atoms with Crippen molar-refractivity contribution in [2.75, 3.05) is 40.0 Å². The molecule has 0 bridgehead atoms. The molecule has 1 aromatic rings. The average molecular weight is 281 g/mol. The predicted molar refractivity (Wildman–Crippen MR) is 76.1 cm³/mol. The van der Waals surface area contributed by atoms with Crippen molar-refractivity contribution in [1.82, 2.24) is 4.90 Å². The highest BCUT2D eigenvalue weighted by atomic mass is 16.5. The van der Waals surface area contributed by atoms with Gasteiger partial charge in [0.2, 0.25) is 0 Å². The first kappa shape index (κ1) is 16.7. The van der Waals surface area contributed by atoms with Gasteiger partial charge in [0.15, 0.2) is 0 Å². The van der Waals surface area contributed by atoms with E-state index in [0.29, 0.717) is 19.7 Å². The summed E-state index contributed by atoms with van der Waals surface area (Å²) in [6.07, 6.45) is 7.07. The number of methoxy groups -OCH3 is 1. The van der Waals surface area contributed by atoms with E-state index in [-0.39, 0.29) is 13.2 Å². The molecular weight excluding hydrogens is 258 g/mol. The molecule has 1 rings (SSSR count). The smallest absolute Gasteiger partial charge is 0.117 e. The molecule has 0 fully saturated rings. The van der Waals surface area contributed by atoms with Gasteiger partial charge < -0.3 is 19.0 Å². The third kappa shape index (κ3) is 7.31. The molecule has 112 valence electrons. The first-order valence-corrected chi connectivity index (χ1v) is 6.69. The molecule has 1 N–H and O–H groups in total. The number of rotatable bonds is 11. The van der Waals surface area contributed by atoms with Gasteiger partial charge >= 0.3 is 0 Å². The van der Waals surface area contributed by atoms with Crippen molar-refractivity contribution in [2.24, 2.45) is 0 Å². The molecule has 1 heterocycles. The second-order valence-electron chi connectivity index (χ2n) is 4.53. The lowest BCUT2D eigenvalue weighted by Crippen LogP contribution is -2.35. The highest BCUT2D eigenvalue weighted by Crippen LogP contribution is 2.07. The summed E-state index contributed by atoms with van der Waals surface area (Å²) in [6.45, 7) is 3.14. The molecule has 0 aliphatic rings. The summed E-state index contributed by atoms with van der Waals surface area (Å²) in [7, 11) is 1.68. The van der Waals surface area contributed by atoms with Crippen molar-refractivity contribution in [3.63, 3.8) is 0 Å². The van der Waals surface area contributed by atoms with Crippen LogP contribution in [-0.4, -0.2) is 56.1 Å². The minimum atomic E-state index is -0.569. The molecule has 5 nitrogen and oxygen atoms in total. The van der Waals surface area contributed by atoms with Crippen LogP contribution >= 0.6 is 0 Å². The van der Waals surface area contributed by atoms with Crippen LogP contribution in [-0.2, 0) is 16.0 Å². The second-order valence-corrected chi connectivity index (χ2v) is 4.53. The second kappa shape index (κ2) is 10.5. The Morgan fingerprint density at radius 1 is 1.55 bits per heavy atom. The lowest BCUT2D eigenvalue weighted by molar-refractivity contribution is 0.0231. The Balaban J connectivity index is 2.38. The van der Waals surface area contributed by atoms with E-state index in [0.717, 1.165) is 18.7 Å². The van der Waals surface area contributed by atoms with Crippen LogP contribution in [0.1, 0.15) is 12.2 Å². The SMILES string of the molecule is C#CCOC[C@H](O)CN(CCCOC)Cc1ccco1. The summed E-state index contributed by atoms with van der Waals surface area (Å²) < 4.78 is 15.5. The van der Waals surface area contributed by atoms with E-state index >= 15 is 0 Å². The van der Waals surface area contributed by atoms with E-state index < -0.39 is 6.10 Å². The topological polar surface area (TPSA) is 55.1 Å². The van der Waals surface area contributed by atoms with Crippen LogP contribution < -0.4 is 0 Å². The summed E-state index contributed by atoms with van der Waals surface area (Å²) >= 11 is 0. The van der Waals surface area contributed by atoms with Crippen molar-refractivity contribution in [3.05, 3.63) is 24.2 Å². The summed E-state index contributed by atoms with van der Waals surface area (Å²) in [4.78, 5) is 2.11. The van der Waals surface area contributed by atoms with Gasteiger partial charge in [0.25, 0.3) is 0 Å². The van der Waals surface area contributed by atoms with Gasteiger partial charge in [0, 0.05) is 26.8 Å². The van der Waals surface area contributed by atoms with E-state index in [1.54, 1.807) is 13.4 Å². The van der Waals surface area contributed by atoms with Gasteiger partial charge in [-0.1, -0.05) is 5.92 Å². The highest BCUT2D eigenvalue weighted by Gasteiger charge is 2.13. The maximum Gasteiger partial charge on any atom is 0.117 e. The fourth-order valence-electron chi connectivity index (χ4n) is 1.89. The Hall–Kier alpha value is -1.32. The van der Waals surface area contributed by atoms with E-state index in [1.807, 2.05) is 12.1 Å². The molecule has 0 saturated heterocycles. The lowest BCUT2D eigenvalue weighted by Gasteiger charge is -2.24. The summed E-state index contributed by atoms with van der Waals surface area (Å²) in [5, 5.41) is 9.93. The van der Waals surface area contributed by atoms with Crippen molar-refractivity contribution in [3.8, 4) is 12.3 Å². The Bertz CT molecular complexity index is 372. The van der Waals surface area contributed by atoms with Crippen LogP contribution in [0.3, 0.4) is 0 Å². The van der Waals surface area contributed by atoms with Gasteiger partial charge in [-0.05, 0) is 18.6 Å². The van der Waals surface area contributed by atoms with Gasteiger partial charge in [0.05, 0.1) is 25.5 Å². The van der Waals surface area contributed by atoms with Gasteiger partial charge in [-0.2, -0.15) is 0 Å². The quantitative estimate of drug-likeness (QED) is 0.487. The summed E-state index contributed by atoms with van der Waals surface area (Å²) in [5.41, 5.74) is 0. The molecule has 0 aliphatic carbocycles. The number of hydrogen-bond donors (Lipinski definition) is 1. The number of ether oxygens (including phenoxy) is 2. The Labute approximate surface area is 120 Å². The predicted octanol–water partition coefficient (Wildman–Crippen LogP) is 1.13. The molecule has 0 radical (unpaired) electrons. The molecule has 5 heteroatoms. The van der Waals surface area contributed by atoms with Crippen molar-refractivity contribution < 1.29 is 19.0 Å². The van der Waals surface area contributed by atoms with Crippen LogP contribution in [0.5, 0.6) is 0 Å². The van der Waals surface area contributed by atoms with Crippen molar-refractivity contribution >= 4 is 0 Å². The molecule has 0 amide bonds. The summed E-state index contributed by atoms with van der Waals surface area (Å²) in [6, 6.07) is 3.78. The van der Waals surface area contributed by atoms with E-state index in [9.17, 15) is 5.11 Å². The number of aliphatic hydroxyl groups is 1. The van der Waals surface area contributed by atoms with Gasteiger partial charge in [-0.25, -0.2) is 0 Å². The molecule has 1 aromatic heterocycles. The summed E-state index contributed by atoms with van der Waals surface area (Å²) in [5.74, 6) is 3.25. The normalized spacial score (nSPS) is 12.5. The maximum atomic E-state index is 9.93. The monoisotopic (exact) mass is 281 g/mol. The number of furan rings is 1. The Morgan fingerprint density at radius 3 is 3.05 bits per heavy atom. The third-order valence-corrected chi connectivity index (χ3v) is 2.75.